The lowest BCUT2D eigenvalue weighted by Gasteiger charge is -2.30. The molecule has 3 rings (SSSR count). The van der Waals surface area contributed by atoms with E-state index in [1.165, 1.54) is 11.0 Å². The topological polar surface area (TPSA) is 54.5 Å². The molecule has 1 aliphatic heterocycles. The van der Waals surface area contributed by atoms with E-state index in [1.807, 2.05) is 12.3 Å². The van der Waals surface area contributed by atoms with Crippen molar-refractivity contribution < 1.29 is 18.3 Å². The number of nitrogens with zero attached hydrogens (tertiary/aromatic N) is 2. The Morgan fingerprint density at radius 2 is 2.03 bits per heavy atom. The minimum Gasteiger partial charge on any atom is -0.493 e. The average Bonchev–Trinajstić information content (AvgIpc) is 2.76. The van der Waals surface area contributed by atoms with Crippen molar-refractivity contribution in [1.82, 2.24) is 14.6 Å². The molecule has 31 heavy (non-hydrogen) atoms. The molecule has 1 N–H and O–H groups in total. The Labute approximate surface area is 187 Å². The third-order valence-corrected chi connectivity index (χ3v) is 5.79. The number of nitrogens with one attached hydrogen (secondary N) is 1. The van der Waals surface area contributed by atoms with Gasteiger partial charge in [0.25, 0.3) is 0 Å². The molecule has 170 valence electrons. The third-order valence-electron chi connectivity index (χ3n) is 4.71. The van der Waals surface area contributed by atoms with Crippen LogP contribution in [0.1, 0.15) is 39.5 Å². The zero-order chi connectivity index (χ0) is 22.5. The maximum atomic E-state index is 12.8. The second kappa shape index (κ2) is 14.0. The number of rotatable bonds is 9. The van der Waals surface area contributed by atoms with Crippen molar-refractivity contribution in [3.63, 3.8) is 0 Å². The maximum Gasteiger partial charge on any atom is 0.207 e. The number of aromatic nitrogens is 1. The van der Waals surface area contributed by atoms with E-state index >= 15 is 0 Å². The lowest BCUT2D eigenvalue weighted by molar-refractivity contribution is -0.110. The fourth-order valence-electron chi connectivity index (χ4n) is 3.01. The number of benzene rings is 1. The van der Waals surface area contributed by atoms with Crippen LogP contribution in [0.3, 0.4) is 0 Å². The van der Waals surface area contributed by atoms with Crippen molar-refractivity contribution in [1.29, 1.82) is 0 Å². The highest BCUT2D eigenvalue weighted by Crippen LogP contribution is 2.25. The van der Waals surface area contributed by atoms with E-state index in [2.05, 4.69) is 34.5 Å². The number of hydrogen-bond acceptors (Lipinski definition) is 5. The molecule has 1 saturated heterocycles. The van der Waals surface area contributed by atoms with Gasteiger partial charge in [0.1, 0.15) is 5.75 Å². The quantitative estimate of drug-likeness (QED) is 0.327. The molecule has 5 nitrogen and oxygen atoms in total. The molecule has 0 bridgehead atoms. The standard InChI is InChI=1S/C12H16F2O.C11H15N3OS/c1-9(2)4-3-7-15-10-5-6-11(13)12(14)8-10;15-9-13-10-3-6-14(7-4-10)16-11-2-1-5-12-8-11/h5-6,8-9H,3-4,7H2,1-2H3;1-2,5,8-10H,3-4,6-7H2,(H,13,15). The Kier molecular flexibility index (Phi) is 11.3. The van der Waals surface area contributed by atoms with Gasteiger partial charge in [-0.1, -0.05) is 13.8 Å². The van der Waals surface area contributed by atoms with Crippen LogP contribution >= 0.6 is 11.9 Å². The summed E-state index contributed by atoms with van der Waals surface area (Å²) in [6.45, 7) is 6.83. The zero-order valence-electron chi connectivity index (χ0n) is 18.1. The number of carbonyl (C=O) groups excluding carboxylic acids is 1. The fourth-order valence-corrected chi connectivity index (χ4v) is 3.95. The molecule has 0 spiro atoms. The van der Waals surface area contributed by atoms with E-state index in [4.69, 9.17) is 4.74 Å². The highest BCUT2D eigenvalue weighted by molar-refractivity contribution is 7.97. The molecule has 0 aliphatic carbocycles. The molecule has 8 heteroatoms. The van der Waals surface area contributed by atoms with Gasteiger partial charge in [-0.2, -0.15) is 0 Å². The molecule has 0 saturated carbocycles. The third kappa shape index (κ3) is 10.1. The Morgan fingerprint density at radius 1 is 1.26 bits per heavy atom. The van der Waals surface area contributed by atoms with Crippen LogP contribution in [0, 0.1) is 17.6 Å². The summed E-state index contributed by atoms with van der Waals surface area (Å²) in [7, 11) is 0. The van der Waals surface area contributed by atoms with Gasteiger partial charge < -0.3 is 10.1 Å². The minimum absolute atomic E-state index is 0.350. The first-order chi connectivity index (χ1) is 15.0. The van der Waals surface area contributed by atoms with Gasteiger partial charge in [-0.25, -0.2) is 13.1 Å². The van der Waals surface area contributed by atoms with Gasteiger partial charge >= 0.3 is 0 Å². The Hall–Kier alpha value is -2.19. The number of halogens is 2. The van der Waals surface area contributed by atoms with E-state index in [9.17, 15) is 13.6 Å². The molecule has 0 atom stereocenters. The van der Waals surface area contributed by atoms with E-state index in [0.29, 0.717) is 24.3 Å². The van der Waals surface area contributed by atoms with Crippen LogP contribution in [0.15, 0.2) is 47.6 Å². The Bertz CT molecular complexity index is 773. The second-order valence-corrected chi connectivity index (χ2v) is 8.90. The number of carbonyl (C=O) groups is 1. The zero-order valence-corrected chi connectivity index (χ0v) is 18.9. The normalized spacial score (nSPS) is 14.6. The SMILES string of the molecule is CC(C)CCCOc1ccc(F)c(F)c1.O=CNC1CCN(Sc2cccnc2)CC1. The Balaban J connectivity index is 0.000000221. The van der Waals surface area contributed by atoms with Crippen molar-refractivity contribution in [2.45, 2.75) is 50.5 Å². The summed E-state index contributed by atoms with van der Waals surface area (Å²) >= 11 is 1.74. The molecule has 1 aromatic heterocycles. The predicted molar refractivity (Wildman–Crippen MR) is 120 cm³/mol. The largest absolute Gasteiger partial charge is 0.493 e. The van der Waals surface area contributed by atoms with Gasteiger partial charge in [-0.3, -0.25) is 9.78 Å². The maximum absolute atomic E-state index is 12.8. The van der Waals surface area contributed by atoms with Crippen molar-refractivity contribution in [2.24, 2.45) is 5.92 Å². The first-order valence-corrected chi connectivity index (χ1v) is 11.4. The van der Waals surface area contributed by atoms with Gasteiger partial charge in [-0.15, -0.1) is 0 Å². The molecule has 1 amide bonds. The lowest BCUT2D eigenvalue weighted by Crippen LogP contribution is -2.39. The van der Waals surface area contributed by atoms with Gasteiger partial charge in [0.15, 0.2) is 11.6 Å². The monoisotopic (exact) mass is 451 g/mol. The van der Waals surface area contributed by atoms with Crippen molar-refractivity contribution in [3.8, 4) is 5.75 Å². The van der Waals surface area contributed by atoms with Crippen molar-refractivity contribution >= 4 is 18.4 Å². The Morgan fingerprint density at radius 3 is 2.65 bits per heavy atom. The van der Waals surface area contributed by atoms with Crippen LogP contribution < -0.4 is 10.1 Å². The fraction of sp³-hybridized carbons (Fsp3) is 0.478. The average molecular weight is 452 g/mol. The van der Waals surface area contributed by atoms with E-state index < -0.39 is 11.6 Å². The first-order valence-electron chi connectivity index (χ1n) is 10.6. The van der Waals surface area contributed by atoms with Crippen LogP contribution in [0.5, 0.6) is 5.75 Å². The lowest BCUT2D eigenvalue weighted by atomic mass is 10.1. The van der Waals surface area contributed by atoms with Gasteiger partial charge in [0.05, 0.1) is 6.61 Å². The number of piperidine rings is 1. The number of hydrogen-bond donors (Lipinski definition) is 1. The minimum atomic E-state index is -0.864. The summed E-state index contributed by atoms with van der Waals surface area (Å²) in [5.41, 5.74) is 0. The van der Waals surface area contributed by atoms with E-state index in [0.717, 1.165) is 57.3 Å². The summed E-state index contributed by atoms with van der Waals surface area (Å²) < 4.78 is 32.9. The van der Waals surface area contributed by atoms with Gasteiger partial charge in [-0.05, 0) is 67.8 Å². The summed E-state index contributed by atoms with van der Waals surface area (Å²) in [6, 6.07) is 7.95. The highest BCUT2D eigenvalue weighted by Gasteiger charge is 2.19. The van der Waals surface area contributed by atoms with Gasteiger partial charge in [0.2, 0.25) is 6.41 Å². The molecular formula is C23H31F2N3O2S. The van der Waals surface area contributed by atoms with Crippen LogP contribution in [-0.4, -0.2) is 41.4 Å². The molecule has 2 aromatic rings. The van der Waals surface area contributed by atoms with Crippen LogP contribution in [0.4, 0.5) is 8.78 Å². The number of pyridine rings is 1. The van der Waals surface area contributed by atoms with Gasteiger partial charge in [0, 0.05) is 42.5 Å². The molecule has 0 radical (unpaired) electrons. The van der Waals surface area contributed by atoms with Crippen LogP contribution in [0.2, 0.25) is 0 Å². The van der Waals surface area contributed by atoms with Crippen LogP contribution in [0.25, 0.3) is 0 Å². The highest BCUT2D eigenvalue weighted by atomic mass is 32.2. The first kappa shape index (κ1) is 25.1. The molecule has 1 aliphatic rings. The predicted octanol–water partition coefficient (Wildman–Crippen LogP) is 5.08. The smallest absolute Gasteiger partial charge is 0.207 e. The molecule has 0 unspecified atom stereocenters. The molecular weight excluding hydrogens is 420 g/mol. The summed E-state index contributed by atoms with van der Waals surface area (Å²) in [5.74, 6) is -0.683. The summed E-state index contributed by atoms with van der Waals surface area (Å²) in [4.78, 5) is 15.6. The molecule has 1 fully saturated rings. The van der Waals surface area contributed by atoms with Crippen molar-refractivity contribution in [2.75, 3.05) is 19.7 Å². The number of amides is 1. The second-order valence-electron chi connectivity index (χ2n) is 7.73. The molecule has 1 aromatic carbocycles. The van der Waals surface area contributed by atoms with Crippen molar-refractivity contribution in [3.05, 3.63) is 54.4 Å². The molecule has 2 heterocycles. The summed E-state index contributed by atoms with van der Waals surface area (Å²) in [6.07, 6.45) is 8.50. The van der Waals surface area contributed by atoms with E-state index in [-0.39, 0.29) is 0 Å². The van der Waals surface area contributed by atoms with E-state index in [1.54, 1.807) is 18.1 Å². The summed E-state index contributed by atoms with van der Waals surface area (Å²) in [5, 5.41) is 2.84. The van der Waals surface area contributed by atoms with Crippen LogP contribution in [-0.2, 0) is 4.79 Å². The number of ether oxygens (including phenoxy) is 1.